The smallest absolute Gasteiger partial charge is 0.227 e. The number of carbonyl (C=O) groups excluding carboxylic acids is 1. The van der Waals surface area contributed by atoms with Crippen LogP contribution in [0.1, 0.15) is 36.0 Å². The summed E-state index contributed by atoms with van der Waals surface area (Å²) in [5, 5.41) is 3.63. The molecule has 2 aliphatic heterocycles. The molecule has 5 rings (SSSR count). The number of benzene rings is 1. The quantitative estimate of drug-likeness (QED) is 0.676. The van der Waals surface area contributed by atoms with Crippen molar-refractivity contribution < 1.29 is 4.79 Å². The number of halogens is 1. The zero-order valence-corrected chi connectivity index (χ0v) is 19.1. The number of aromatic nitrogens is 1. The molecule has 5 heteroatoms. The summed E-state index contributed by atoms with van der Waals surface area (Å²) in [7, 11) is 0. The number of fused-ring (bicyclic) bond motifs is 2. The van der Waals surface area contributed by atoms with E-state index in [-0.39, 0.29) is 11.9 Å². The third-order valence-corrected chi connectivity index (χ3v) is 7.07. The van der Waals surface area contributed by atoms with Crippen molar-refractivity contribution in [2.24, 2.45) is 0 Å². The fourth-order valence-corrected chi connectivity index (χ4v) is 5.38. The van der Waals surface area contributed by atoms with Crippen LogP contribution in [0.3, 0.4) is 0 Å². The molecule has 1 amide bonds. The number of allylic oxidation sites excluding steroid dienone is 2. The lowest BCUT2D eigenvalue weighted by Crippen LogP contribution is -2.38. The van der Waals surface area contributed by atoms with Crippen LogP contribution in [0.5, 0.6) is 0 Å². The average molecular weight is 476 g/mol. The molecule has 1 atom stereocenters. The van der Waals surface area contributed by atoms with Crippen molar-refractivity contribution in [1.82, 2.24) is 15.2 Å². The summed E-state index contributed by atoms with van der Waals surface area (Å²) in [6.45, 7) is 1.58. The lowest BCUT2D eigenvalue weighted by atomic mass is 9.85. The molecule has 3 aliphatic rings. The van der Waals surface area contributed by atoms with E-state index in [1.807, 2.05) is 17.0 Å². The maximum Gasteiger partial charge on any atom is 0.227 e. The van der Waals surface area contributed by atoms with Gasteiger partial charge in [0.2, 0.25) is 5.91 Å². The minimum atomic E-state index is 0.208. The van der Waals surface area contributed by atoms with E-state index in [1.165, 1.54) is 27.8 Å². The van der Waals surface area contributed by atoms with Gasteiger partial charge in [-0.2, -0.15) is 0 Å². The number of nitrogens with one attached hydrogen (secondary N) is 1. The summed E-state index contributed by atoms with van der Waals surface area (Å²) in [5.74, 6) is 0.208. The van der Waals surface area contributed by atoms with Gasteiger partial charge in [-0.25, -0.2) is 0 Å². The topological polar surface area (TPSA) is 45.2 Å². The second kappa shape index (κ2) is 8.83. The van der Waals surface area contributed by atoms with Crippen LogP contribution >= 0.6 is 15.9 Å². The fourth-order valence-electron chi connectivity index (χ4n) is 4.97. The first-order chi connectivity index (χ1) is 15.2. The molecule has 31 heavy (non-hydrogen) atoms. The fraction of sp³-hybridized carbons (Fsp3) is 0.308. The predicted molar refractivity (Wildman–Crippen MR) is 127 cm³/mol. The molecule has 1 saturated heterocycles. The van der Waals surface area contributed by atoms with Gasteiger partial charge >= 0.3 is 0 Å². The average Bonchev–Trinajstić information content (AvgIpc) is 2.96. The maximum absolute atomic E-state index is 12.8. The monoisotopic (exact) mass is 475 g/mol. The highest BCUT2D eigenvalue weighted by molar-refractivity contribution is 9.10. The van der Waals surface area contributed by atoms with E-state index in [1.54, 1.807) is 12.4 Å². The second-order valence-corrected chi connectivity index (χ2v) is 9.35. The van der Waals surface area contributed by atoms with Crippen molar-refractivity contribution in [1.29, 1.82) is 0 Å². The Bertz CT molecular complexity index is 1080. The number of aryl methyl sites for hydroxylation is 1. The van der Waals surface area contributed by atoms with Crippen LogP contribution in [-0.4, -0.2) is 34.9 Å². The standard InChI is InChI=1S/C26H26BrN3O/c27-22-5-6-23-21(17-22)4-3-20-2-1-11-29-26(20)25(23)19-9-14-30(15-10-19)24(31)16-18-7-12-28-13-8-18/h1-2,5-8,11-13,17,26,29H,3-4,9-10,14-16H2. The molecular weight excluding hydrogens is 450 g/mol. The number of dihydropyridines is 1. The van der Waals surface area contributed by atoms with Crippen molar-refractivity contribution in [2.75, 3.05) is 13.1 Å². The first-order valence-corrected chi connectivity index (χ1v) is 11.8. The van der Waals surface area contributed by atoms with Gasteiger partial charge in [-0.1, -0.05) is 33.6 Å². The highest BCUT2D eigenvalue weighted by atomic mass is 79.9. The summed E-state index contributed by atoms with van der Waals surface area (Å²) < 4.78 is 1.14. The number of pyridine rings is 1. The minimum absolute atomic E-state index is 0.208. The van der Waals surface area contributed by atoms with Gasteiger partial charge in [0.05, 0.1) is 12.5 Å². The first-order valence-electron chi connectivity index (χ1n) is 11.0. The van der Waals surface area contributed by atoms with Crippen LogP contribution in [0.15, 0.2) is 76.7 Å². The van der Waals surface area contributed by atoms with Gasteiger partial charge in [0.25, 0.3) is 0 Å². The number of hydrogen-bond acceptors (Lipinski definition) is 3. The highest BCUT2D eigenvalue weighted by Gasteiger charge is 2.30. The molecule has 0 spiro atoms. The summed E-state index contributed by atoms with van der Waals surface area (Å²) >= 11 is 3.65. The van der Waals surface area contributed by atoms with Gasteiger partial charge in [-0.3, -0.25) is 9.78 Å². The Balaban J connectivity index is 1.41. The van der Waals surface area contributed by atoms with Crippen LogP contribution < -0.4 is 5.32 Å². The van der Waals surface area contributed by atoms with Crippen molar-refractivity contribution in [3.63, 3.8) is 0 Å². The van der Waals surface area contributed by atoms with Gasteiger partial charge in [-0.05, 0) is 90.1 Å². The number of carbonyl (C=O) groups is 1. The molecule has 3 heterocycles. The Labute approximate surface area is 191 Å². The van der Waals surface area contributed by atoms with E-state index < -0.39 is 0 Å². The van der Waals surface area contributed by atoms with Crippen LogP contribution in [-0.2, 0) is 17.6 Å². The van der Waals surface area contributed by atoms with Crippen LogP contribution in [0.25, 0.3) is 5.57 Å². The molecule has 4 nitrogen and oxygen atoms in total. The Morgan fingerprint density at radius 1 is 1.10 bits per heavy atom. The molecule has 1 aliphatic carbocycles. The number of piperidine rings is 1. The lowest BCUT2D eigenvalue weighted by molar-refractivity contribution is -0.130. The maximum atomic E-state index is 12.8. The zero-order valence-electron chi connectivity index (χ0n) is 17.5. The largest absolute Gasteiger partial charge is 0.380 e. The van der Waals surface area contributed by atoms with Crippen LogP contribution in [0, 0.1) is 0 Å². The van der Waals surface area contributed by atoms with Gasteiger partial charge in [0, 0.05) is 30.0 Å². The van der Waals surface area contributed by atoms with Crippen molar-refractivity contribution in [2.45, 2.75) is 38.1 Å². The molecule has 1 aromatic carbocycles. The van der Waals surface area contributed by atoms with E-state index in [4.69, 9.17) is 0 Å². The molecule has 158 valence electrons. The number of rotatable bonds is 2. The van der Waals surface area contributed by atoms with Crippen molar-refractivity contribution in [3.05, 3.63) is 93.4 Å². The van der Waals surface area contributed by atoms with E-state index >= 15 is 0 Å². The lowest BCUT2D eigenvalue weighted by Gasteiger charge is -2.33. The predicted octanol–water partition coefficient (Wildman–Crippen LogP) is 4.82. The van der Waals surface area contributed by atoms with Crippen LogP contribution in [0.4, 0.5) is 0 Å². The second-order valence-electron chi connectivity index (χ2n) is 8.43. The van der Waals surface area contributed by atoms with Crippen molar-refractivity contribution in [3.8, 4) is 0 Å². The molecule has 1 N–H and O–H groups in total. The van der Waals surface area contributed by atoms with E-state index in [9.17, 15) is 4.79 Å². The first kappa shape index (κ1) is 20.3. The van der Waals surface area contributed by atoms with Gasteiger partial charge < -0.3 is 10.2 Å². The molecule has 0 saturated carbocycles. The number of amides is 1. The Morgan fingerprint density at radius 3 is 2.71 bits per heavy atom. The normalized spacial score (nSPS) is 20.4. The number of hydrogen-bond donors (Lipinski definition) is 1. The zero-order chi connectivity index (χ0) is 21.2. The summed E-state index contributed by atoms with van der Waals surface area (Å²) in [5.41, 5.74) is 8.17. The number of nitrogens with zero attached hydrogens (tertiary/aromatic N) is 2. The molecular formula is C26H26BrN3O. The molecule has 2 aromatic rings. The molecule has 1 unspecified atom stereocenters. The summed E-state index contributed by atoms with van der Waals surface area (Å²) in [6, 6.07) is 10.8. The summed E-state index contributed by atoms with van der Waals surface area (Å²) in [6.07, 6.45) is 14.4. The van der Waals surface area contributed by atoms with Crippen molar-refractivity contribution >= 4 is 27.4 Å². The molecule has 0 bridgehead atoms. The third-order valence-electron chi connectivity index (χ3n) is 6.57. The molecule has 1 fully saturated rings. The SMILES string of the molecule is O=C(Cc1ccncc1)N1CCC(=C2c3ccc(Br)cc3CCC3=CC=CNC32)CC1. The molecule has 0 radical (unpaired) electrons. The third kappa shape index (κ3) is 4.24. The van der Waals surface area contributed by atoms with Crippen LogP contribution in [0.2, 0.25) is 0 Å². The highest BCUT2D eigenvalue weighted by Crippen LogP contribution is 2.39. The Kier molecular flexibility index (Phi) is 5.77. The van der Waals surface area contributed by atoms with Gasteiger partial charge in [0.1, 0.15) is 0 Å². The Morgan fingerprint density at radius 2 is 1.90 bits per heavy atom. The van der Waals surface area contributed by atoms with E-state index in [0.29, 0.717) is 6.42 Å². The van der Waals surface area contributed by atoms with Gasteiger partial charge in [0.15, 0.2) is 0 Å². The minimum Gasteiger partial charge on any atom is -0.380 e. The summed E-state index contributed by atoms with van der Waals surface area (Å²) in [4.78, 5) is 18.9. The Hall–Kier alpha value is -2.66. The number of likely N-dealkylation sites (tertiary alicyclic amines) is 1. The van der Waals surface area contributed by atoms with E-state index in [2.05, 4.69) is 62.8 Å². The van der Waals surface area contributed by atoms with Gasteiger partial charge in [-0.15, -0.1) is 0 Å². The van der Waals surface area contributed by atoms with E-state index in [0.717, 1.165) is 48.8 Å². The molecule has 1 aromatic heterocycles.